The van der Waals surface area contributed by atoms with Crippen molar-refractivity contribution in [3.8, 4) is 10.8 Å². The molecule has 0 aliphatic heterocycles. The van der Waals surface area contributed by atoms with Gasteiger partial charge in [-0.3, -0.25) is 4.79 Å². The molecule has 3 aromatic heterocycles. The summed E-state index contributed by atoms with van der Waals surface area (Å²) in [6, 6.07) is 1.92. The van der Waals surface area contributed by atoms with Gasteiger partial charge in [0.1, 0.15) is 4.88 Å². The van der Waals surface area contributed by atoms with E-state index in [0.29, 0.717) is 17.7 Å². The summed E-state index contributed by atoms with van der Waals surface area (Å²) < 4.78 is 7.76. The lowest BCUT2D eigenvalue weighted by Gasteiger charge is -2.05. The monoisotopic (exact) mass is 388 g/mol. The minimum atomic E-state index is 0.0444. The molecule has 26 heavy (non-hydrogen) atoms. The maximum absolute atomic E-state index is 12.6. The molecule has 0 atom stereocenters. The maximum Gasteiger partial charge on any atom is 0.277 e. The average molecular weight is 389 g/mol. The third kappa shape index (κ3) is 3.66. The Labute approximate surface area is 160 Å². The molecule has 8 heteroatoms. The molecule has 0 N–H and O–H groups in total. The van der Waals surface area contributed by atoms with Crippen LogP contribution in [0.5, 0.6) is 0 Å². The van der Waals surface area contributed by atoms with E-state index in [-0.39, 0.29) is 11.5 Å². The molecule has 3 heterocycles. The Morgan fingerprint density at radius 2 is 2.12 bits per heavy atom. The van der Waals surface area contributed by atoms with E-state index in [4.69, 9.17) is 4.42 Å². The molecule has 0 spiro atoms. The van der Waals surface area contributed by atoms with Crippen LogP contribution in [0.25, 0.3) is 10.8 Å². The number of hydrogen-bond donors (Lipinski definition) is 0. The second-order valence-corrected chi connectivity index (χ2v) is 8.05. The fourth-order valence-electron chi connectivity index (χ4n) is 2.79. The molecule has 0 saturated heterocycles. The number of aryl methyl sites for hydroxylation is 3. The first kappa shape index (κ1) is 18.6. The molecule has 0 amide bonds. The minimum Gasteiger partial charge on any atom is -0.410 e. The fraction of sp³-hybridized carbons (Fsp3) is 0.333. The van der Waals surface area contributed by atoms with E-state index in [2.05, 4.69) is 26.3 Å². The Morgan fingerprint density at radius 1 is 1.35 bits per heavy atom. The van der Waals surface area contributed by atoms with Crippen molar-refractivity contribution in [1.82, 2.24) is 19.7 Å². The van der Waals surface area contributed by atoms with Crippen LogP contribution in [-0.2, 0) is 6.54 Å². The Kier molecular flexibility index (Phi) is 5.43. The van der Waals surface area contributed by atoms with Gasteiger partial charge < -0.3 is 8.98 Å². The predicted octanol–water partition coefficient (Wildman–Crippen LogP) is 4.39. The van der Waals surface area contributed by atoms with Crippen LogP contribution in [0.2, 0.25) is 0 Å². The molecular formula is C18H20N4O2S2. The zero-order valence-electron chi connectivity index (χ0n) is 15.2. The minimum absolute atomic E-state index is 0.0444. The van der Waals surface area contributed by atoms with Gasteiger partial charge in [-0.05, 0) is 33.8 Å². The number of rotatable bonds is 7. The zero-order valence-corrected chi connectivity index (χ0v) is 16.8. The molecule has 0 aromatic carbocycles. The lowest BCUT2D eigenvalue weighted by atomic mass is 10.2. The summed E-state index contributed by atoms with van der Waals surface area (Å²) in [6.45, 7) is 12.3. The van der Waals surface area contributed by atoms with Gasteiger partial charge in [-0.25, -0.2) is 4.98 Å². The first-order chi connectivity index (χ1) is 12.4. The summed E-state index contributed by atoms with van der Waals surface area (Å²) in [5.74, 6) is 0.746. The molecular weight excluding hydrogens is 368 g/mol. The van der Waals surface area contributed by atoms with Gasteiger partial charge >= 0.3 is 0 Å². The quantitative estimate of drug-likeness (QED) is 0.339. The van der Waals surface area contributed by atoms with Gasteiger partial charge in [-0.2, -0.15) is 0 Å². The van der Waals surface area contributed by atoms with Crippen LogP contribution in [0.1, 0.15) is 32.4 Å². The third-order valence-electron chi connectivity index (χ3n) is 4.02. The van der Waals surface area contributed by atoms with Crippen LogP contribution in [0.15, 0.2) is 28.4 Å². The second kappa shape index (κ2) is 7.59. The second-order valence-electron chi connectivity index (χ2n) is 5.92. The molecule has 136 valence electrons. The molecule has 0 fully saturated rings. The lowest BCUT2D eigenvalue weighted by Crippen LogP contribution is -2.06. The van der Waals surface area contributed by atoms with Crippen LogP contribution in [-0.4, -0.2) is 31.3 Å². The highest BCUT2D eigenvalue weighted by Crippen LogP contribution is 2.30. The largest absolute Gasteiger partial charge is 0.410 e. The third-order valence-corrected chi connectivity index (χ3v) is 5.90. The van der Waals surface area contributed by atoms with E-state index in [1.807, 2.05) is 39.8 Å². The topological polar surface area (TPSA) is 73.8 Å². The van der Waals surface area contributed by atoms with Gasteiger partial charge in [0.2, 0.25) is 0 Å². The Balaban J connectivity index is 1.70. The summed E-state index contributed by atoms with van der Waals surface area (Å²) in [6.07, 6.45) is 1.83. The van der Waals surface area contributed by atoms with E-state index in [1.54, 1.807) is 0 Å². The SMILES string of the molecule is C=CCn1c(C)cc(C(=O)CSc2nnc(-c3sc(C)nc3C)o2)c1C. The van der Waals surface area contributed by atoms with Crippen molar-refractivity contribution in [3.05, 3.63) is 46.4 Å². The van der Waals surface area contributed by atoms with E-state index >= 15 is 0 Å². The number of carbonyl (C=O) groups excluding carboxylic acids is 1. The Bertz CT molecular complexity index is 968. The molecule has 0 aliphatic carbocycles. The van der Waals surface area contributed by atoms with Crippen molar-refractivity contribution in [2.24, 2.45) is 0 Å². The molecule has 0 bridgehead atoms. The number of hydrogen-bond acceptors (Lipinski definition) is 7. The van der Waals surface area contributed by atoms with Gasteiger partial charge in [0.25, 0.3) is 11.1 Å². The highest BCUT2D eigenvalue weighted by atomic mass is 32.2. The van der Waals surface area contributed by atoms with Crippen molar-refractivity contribution < 1.29 is 9.21 Å². The molecule has 0 aliphatic rings. The van der Waals surface area contributed by atoms with Gasteiger partial charge in [-0.15, -0.1) is 28.1 Å². The number of ketones is 1. The van der Waals surface area contributed by atoms with Crippen LogP contribution in [0, 0.1) is 27.7 Å². The maximum atomic E-state index is 12.6. The predicted molar refractivity (Wildman–Crippen MR) is 104 cm³/mol. The van der Waals surface area contributed by atoms with Crippen molar-refractivity contribution in [2.45, 2.75) is 39.5 Å². The number of allylic oxidation sites excluding steroid dienone is 1. The van der Waals surface area contributed by atoms with Crippen molar-refractivity contribution in [3.63, 3.8) is 0 Å². The smallest absolute Gasteiger partial charge is 0.277 e. The zero-order chi connectivity index (χ0) is 18.8. The van der Waals surface area contributed by atoms with Gasteiger partial charge in [0.15, 0.2) is 5.78 Å². The normalized spacial score (nSPS) is 11.1. The summed E-state index contributed by atoms with van der Waals surface area (Å²) in [4.78, 5) is 17.8. The van der Waals surface area contributed by atoms with Gasteiger partial charge in [0, 0.05) is 23.5 Å². The number of Topliss-reactive ketones (excluding diaryl/α,β-unsaturated/α-hetero) is 1. The summed E-state index contributed by atoms with van der Waals surface area (Å²) in [5, 5.41) is 9.46. The Morgan fingerprint density at radius 3 is 2.77 bits per heavy atom. The van der Waals surface area contributed by atoms with E-state index < -0.39 is 0 Å². The first-order valence-electron chi connectivity index (χ1n) is 8.12. The molecule has 0 unspecified atom stereocenters. The lowest BCUT2D eigenvalue weighted by molar-refractivity contribution is 0.102. The van der Waals surface area contributed by atoms with Crippen molar-refractivity contribution in [2.75, 3.05) is 5.75 Å². The highest BCUT2D eigenvalue weighted by molar-refractivity contribution is 7.99. The van der Waals surface area contributed by atoms with E-state index in [0.717, 1.165) is 32.5 Å². The summed E-state index contributed by atoms with van der Waals surface area (Å²) in [5.41, 5.74) is 3.60. The van der Waals surface area contributed by atoms with Crippen LogP contribution in [0.3, 0.4) is 0 Å². The van der Waals surface area contributed by atoms with Crippen molar-refractivity contribution in [1.29, 1.82) is 0 Å². The standard InChI is InChI=1S/C18H20N4O2S2/c1-6-7-22-10(2)8-14(12(22)4)15(23)9-25-18-21-20-17(24-18)16-11(3)19-13(5)26-16/h6,8H,1,7,9H2,2-5H3. The van der Waals surface area contributed by atoms with Crippen LogP contribution in [0.4, 0.5) is 0 Å². The highest BCUT2D eigenvalue weighted by Gasteiger charge is 2.18. The molecule has 0 radical (unpaired) electrons. The summed E-state index contributed by atoms with van der Waals surface area (Å²) >= 11 is 2.77. The first-order valence-corrected chi connectivity index (χ1v) is 9.92. The summed E-state index contributed by atoms with van der Waals surface area (Å²) in [7, 11) is 0. The molecule has 0 saturated carbocycles. The number of nitrogens with zero attached hydrogens (tertiary/aromatic N) is 4. The molecule has 6 nitrogen and oxygen atoms in total. The fourth-order valence-corrected chi connectivity index (χ4v) is 4.28. The number of aromatic nitrogens is 4. The average Bonchev–Trinajstić information content (AvgIpc) is 3.26. The number of thioether (sulfide) groups is 1. The van der Waals surface area contributed by atoms with E-state index in [1.165, 1.54) is 23.1 Å². The number of thiazole rings is 1. The molecule has 3 rings (SSSR count). The molecule has 3 aromatic rings. The van der Waals surface area contributed by atoms with Gasteiger partial charge in [0.05, 0.1) is 16.5 Å². The van der Waals surface area contributed by atoms with Crippen LogP contribution >= 0.6 is 23.1 Å². The van der Waals surface area contributed by atoms with Gasteiger partial charge in [-0.1, -0.05) is 17.8 Å². The Hall–Kier alpha value is -2.19. The van der Waals surface area contributed by atoms with Crippen molar-refractivity contribution >= 4 is 28.9 Å². The number of carbonyl (C=O) groups is 1. The van der Waals surface area contributed by atoms with E-state index in [9.17, 15) is 4.79 Å². The van der Waals surface area contributed by atoms with Crippen LogP contribution < -0.4 is 0 Å².